The maximum atomic E-state index is 12.9. The molecule has 12 heteroatoms. The Morgan fingerprint density at radius 1 is 0.893 bits per heavy atom. The second kappa shape index (κ2) is 6.30. The smallest absolute Gasteiger partial charge is 0.325 e. The predicted octanol–water partition coefficient (Wildman–Crippen LogP) is 4.86. The van der Waals surface area contributed by atoms with E-state index < -0.39 is 43.7 Å². The number of hydrogen-bond donors (Lipinski definition) is 0. The average Bonchev–Trinajstić information content (AvgIpc) is 3.01. The molecule has 2 bridgehead atoms. The molecule has 2 fully saturated rings. The standard InChI is InChI=1S/C16H6Cl7NO4/c17-6-4-2-1-3-5(6)13(27)28-24-11(25)7-8(12(24)26)15(21)10(19)9(18)14(7,20)16(15,22)23/h1-4,7-8H/t7-,8-,14-,15-/m0/s1. The summed E-state index contributed by atoms with van der Waals surface area (Å²) in [6.07, 6.45) is 0. The fraction of sp³-hybridized carbons (Fsp3) is 0.312. The van der Waals surface area contributed by atoms with Crippen LogP contribution in [0.1, 0.15) is 10.4 Å². The van der Waals surface area contributed by atoms with Crippen molar-refractivity contribution in [3.63, 3.8) is 0 Å². The van der Waals surface area contributed by atoms with Crippen molar-refractivity contribution in [1.29, 1.82) is 0 Å². The molecule has 5 nitrogen and oxygen atoms in total. The van der Waals surface area contributed by atoms with Crippen LogP contribution in [0.4, 0.5) is 0 Å². The third-order valence-electron chi connectivity index (χ3n) is 5.14. The van der Waals surface area contributed by atoms with Crippen LogP contribution < -0.4 is 0 Å². The fourth-order valence-corrected chi connectivity index (χ4v) is 6.96. The molecule has 1 saturated carbocycles. The molecule has 1 heterocycles. The number of carbonyl (C=O) groups is 3. The van der Waals surface area contributed by atoms with Gasteiger partial charge in [0.25, 0.3) is 11.8 Å². The highest BCUT2D eigenvalue weighted by Crippen LogP contribution is 2.77. The first kappa shape index (κ1) is 20.9. The molecule has 1 aliphatic heterocycles. The van der Waals surface area contributed by atoms with Crippen molar-refractivity contribution in [3.8, 4) is 0 Å². The normalized spacial score (nSPS) is 35.6. The first-order valence-corrected chi connectivity index (χ1v) is 10.2. The lowest BCUT2D eigenvalue weighted by Crippen LogP contribution is -2.50. The van der Waals surface area contributed by atoms with Crippen LogP contribution in [0.5, 0.6) is 0 Å². The van der Waals surface area contributed by atoms with Crippen LogP contribution in [0, 0.1) is 11.8 Å². The Balaban J connectivity index is 1.74. The molecule has 2 amide bonds. The number of rotatable bonds is 2. The Morgan fingerprint density at radius 2 is 1.36 bits per heavy atom. The largest absolute Gasteiger partial charge is 0.365 e. The van der Waals surface area contributed by atoms with Crippen molar-refractivity contribution in [1.82, 2.24) is 5.06 Å². The van der Waals surface area contributed by atoms with E-state index in [2.05, 4.69) is 0 Å². The summed E-state index contributed by atoms with van der Waals surface area (Å²) in [7, 11) is 0. The zero-order valence-corrected chi connectivity index (χ0v) is 18.5. The molecule has 4 rings (SSSR count). The van der Waals surface area contributed by atoms with E-state index in [-0.39, 0.29) is 25.7 Å². The van der Waals surface area contributed by atoms with Crippen LogP contribution in [0.3, 0.4) is 0 Å². The topological polar surface area (TPSA) is 63.7 Å². The number of alkyl halides is 4. The van der Waals surface area contributed by atoms with Gasteiger partial charge in [0, 0.05) is 0 Å². The van der Waals surface area contributed by atoms with Gasteiger partial charge in [-0.1, -0.05) is 70.1 Å². The SMILES string of the molecule is O=C(ON1C(=O)[C@@H]2[C@@H](C1=O)[C@]1(Cl)C(Cl)=C(Cl)[C@]2(Cl)C1(Cl)Cl)c1ccccc1Cl. The Kier molecular flexibility index (Phi) is 4.69. The van der Waals surface area contributed by atoms with Gasteiger partial charge in [0.2, 0.25) is 0 Å². The number of amides is 2. The number of hydroxylamine groups is 2. The quantitative estimate of drug-likeness (QED) is 0.410. The number of nitrogens with zero attached hydrogens (tertiary/aromatic N) is 1. The number of imide groups is 1. The van der Waals surface area contributed by atoms with Gasteiger partial charge >= 0.3 is 5.97 Å². The summed E-state index contributed by atoms with van der Waals surface area (Å²) in [6, 6.07) is 5.94. The minimum atomic E-state index is -2.06. The third-order valence-corrected chi connectivity index (χ3v) is 9.72. The van der Waals surface area contributed by atoms with Gasteiger partial charge in [0.15, 0.2) is 4.33 Å². The Morgan fingerprint density at radius 3 is 1.82 bits per heavy atom. The van der Waals surface area contributed by atoms with Crippen molar-refractivity contribution in [3.05, 3.63) is 44.9 Å². The molecule has 0 spiro atoms. The summed E-state index contributed by atoms with van der Waals surface area (Å²) in [5.41, 5.74) is -0.0517. The molecule has 0 unspecified atom stereocenters. The summed E-state index contributed by atoms with van der Waals surface area (Å²) in [4.78, 5) is 39.3. The maximum absolute atomic E-state index is 12.9. The van der Waals surface area contributed by atoms with Gasteiger partial charge < -0.3 is 4.84 Å². The van der Waals surface area contributed by atoms with E-state index in [9.17, 15) is 14.4 Å². The lowest BCUT2D eigenvalue weighted by atomic mass is 9.84. The van der Waals surface area contributed by atoms with Crippen molar-refractivity contribution >= 4 is 99.0 Å². The number of hydrogen-bond acceptors (Lipinski definition) is 4. The molecule has 1 saturated heterocycles. The number of fused-ring (bicyclic) bond motifs is 5. The zero-order valence-electron chi connectivity index (χ0n) is 13.2. The molecular weight excluding hydrogens is 518 g/mol. The first-order valence-electron chi connectivity index (χ1n) is 7.58. The van der Waals surface area contributed by atoms with E-state index in [0.717, 1.165) is 0 Å². The van der Waals surface area contributed by atoms with Gasteiger partial charge in [-0.2, -0.15) is 0 Å². The summed E-state index contributed by atoms with van der Waals surface area (Å²) >= 11 is 44.1. The monoisotopic (exact) mass is 521 g/mol. The minimum Gasteiger partial charge on any atom is -0.325 e. The maximum Gasteiger partial charge on any atom is 0.365 e. The molecule has 28 heavy (non-hydrogen) atoms. The van der Waals surface area contributed by atoms with Crippen molar-refractivity contribution in [2.75, 3.05) is 0 Å². The van der Waals surface area contributed by atoms with Crippen molar-refractivity contribution in [2.45, 2.75) is 14.1 Å². The van der Waals surface area contributed by atoms with Gasteiger partial charge in [-0.3, -0.25) is 9.59 Å². The van der Waals surface area contributed by atoms with Gasteiger partial charge in [-0.15, -0.1) is 28.3 Å². The molecular formula is C16H6Cl7NO4. The summed E-state index contributed by atoms with van der Waals surface area (Å²) in [5.74, 6) is -5.74. The number of allylic oxidation sites excluding steroid dienone is 2. The van der Waals surface area contributed by atoms with Crippen LogP contribution in [0.15, 0.2) is 34.3 Å². The first-order chi connectivity index (χ1) is 12.9. The van der Waals surface area contributed by atoms with Gasteiger partial charge in [-0.05, 0) is 12.1 Å². The Labute approximate surface area is 193 Å². The van der Waals surface area contributed by atoms with Gasteiger partial charge in [0.1, 0.15) is 9.75 Å². The molecule has 4 atom stereocenters. The van der Waals surface area contributed by atoms with E-state index in [4.69, 9.17) is 86.0 Å². The van der Waals surface area contributed by atoms with E-state index in [0.29, 0.717) is 0 Å². The highest BCUT2D eigenvalue weighted by Gasteiger charge is 2.88. The molecule has 0 radical (unpaired) electrons. The lowest BCUT2D eigenvalue weighted by Gasteiger charge is -2.34. The number of halogens is 7. The highest BCUT2D eigenvalue weighted by molar-refractivity contribution is 6.66. The van der Waals surface area contributed by atoms with E-state index in [1.807, 2.05) is 0 Å². The molecule has 2 aliphatic carbocycles. The molecule has 3 aliphatic rings. The van der Waals surface area contributed by atoms with Crippen LogP contribution >= 0.6 is 81.2 Å². The lowest BCUT2D eigenvalue weighted by molar-refractivity contribution is -0.175. The Bertz CT molecular complexity index is 949. The van der Waals surface area contributed by atoms with Gasteiger partial charge in [-0.25, -0.2) is 4.79 Å². The zero-order chi connectivity index (χ0) is 20.8. The fourth-order valence-electron chi connectivity index (χ4n) is 3.82. The molecule has 0 N–H and O–H groups in total. The molecule has 1 aromatic carbocycles. The molecule has 0 aromatic heterocycles. The number of benzene rings is 1. The minimum absolute atomic E-state index is 0.0517. The predicted molar refractivity (Wildman–Crippen MR) is 106 cm³/mol. The number of carbonyl (C=O) groups excluding carboxylic acids is 3. The van der Waals surface area contributed by atoms with Gasteiger partial charge in [0.05, 0.1) is 32.5 Å². The van der Waals surface area contributed by atoms with Crippen molar-refractivity contribution in [2.24, 2.45) is 11.8 Å². The average molecular weight is 524 g/mol. The second-order valence-corrected chi connectivity index (χ2v) is 10.1. The second-order valence-electron chi connectivity index (χ2n) is 6.41. The molecule has 148 valence electrons. The third kappa shape index (κ3) is 2.16. The molecule has 1 aromatic rings. The van der Waals surface area contributed by atoms with E-state index in [1.54, 1.807) is 6.07 Å². The van der Waals surface area contributed by atoms with Crippen LogP contribution in [0.25, 0.3) is 0 Å². The summed E-state index contributed by atoms with van der Waals surface area (Å²) < 4.78 is -2.06. The highest BCUT2D eigenvalue weighted by atomic mass is 35.5. The van der Waals surface area contributed by atoms with E-state index >= 15 is 0 Å². The van der Waals surface area contributed by atoms with Crippen LogP contribution in [-0.4, -0.2) is 36.9 Å². The Hall–Kier alpha value is -0.400. The van der Waals surface area contributed by atoms with Crippen molar-refractivity contribution < 1.29 is 19.2 Å². The summed E-state index contributed by atoms with van der Waals surface area (Å²) in [6.45, 7) is 0. The van der Waals surface area contributed by atoms with Crippen LogP contribution in [-0.2, 0) is 14.4 Å². The van der Waals surface area contributed by atoms with E-state index in [1.165, 1.54) is 18.2 Å². The summed E-state index contributed by atoms with van der Waals surface area (Å²) in [5, 5.41) is -0.129. The van der Waals surface area contributed by atoms with Crippen LogP contribution in [0.2, 0.25) is 5.02 Å².